The van der Waals surface area contributed by atoms with Crippen LogP contribution in [0.3, 0.4) is 0 Å². The van der Waals surface area contributed by atoms with Crippen molar-refractivity contribution in [1.29, 1.82) is 0 Å². The smallest absolute Gasteiger partial charge is 0.254 e. The third-order valence-electron chi connectivity index (χ3n) is 3.72. The van der Waals surface area contributed by atoms with E-state index in [0.29, 0.717) is 24.6 Å². The number of morpholine rings is 1. The number of nitrogens with one attached hydrogen (secondary N) is 2. The van der Waals surface area contributed by atoms with Crippen molar-refractivity contribution in [3.63, 3.8) is 0 Å². The molecule has 1 aliphatic rings. The highest BCUT2D eigenvalue weighted by Crippen LogP contribution is 2.16. The van der Waals surface area contributed by atoms with E-state index in [0.717, 1.165) is 17.0 Å². The molecule has 1 fully saturated rings. The summed E-state index contributed by atoms with van der Waals surface area (Å²) in [5.74, 6) is 0.249. The summed E-state index contributed by atoms with van der Waals surface area (Å²) < 4.78 is 17.8. The Balaban J connectivity index is 1.63. The molecule has 2 unspecified atom stereocenters. The maximum absolute atomic E-state index is 12.4. The van der Waals surface area contributed by atoms with E-state index < -0.39 is 16.9 Å². The van der Waals surface area contributed by atoms with E-state index in [1.165, 1.54) is 0 Å². The minimum atomic E-state index is -1.11. The van der Waals surface area contributed by atoms with Crippen LogP contribution in [-0.2, 0) is 26.1 Å². The van der Waals surface area contributed by atoms with Crippen LogP contribution in [0.4, 0.5) is 5.69 Å². The fourth-order valence-corrected chi connectivity index (χ4v) is 3.61. The van der Waals surface area contributed by atoms with Crippen molar-refractivity contribution in [3.8, 4) is 0 Å². The highest BCUT2D eigenvalue weighted by Gasteiger charge is 2.21. The minimum Gasteiger partial charge on any atom is -0.366 e. The Morgan fingerprint density at radius 2 is 2.04 bits per heavy atom. The maximum atomic E-state index is 12.4. The second-order valence-electron chi connectivity index (χ2n) is 5.56. The van der Waals surface area contributed by atoms with Gasteiger partial charge in [-0.15, -0.1) is 0 Å². The lowest BCUT2D eigenvalue weighted by Crippen LogP contribution is -2.45. The topological polar surface area (TPSA) is 67.4 Å². The van der Waals surface area contributed by atoms with E-state index >= 15 is 0 Å². The maximum Gasteiger partial charge on any atom is 0.254 e. The molecular formula is C18H20N2O3S. The summed E-state index contributed by atoms with van der Waals surface area (Å²) in [4.78, 5) is 13.0. The van der Waals surface area contributed by atoms with Crippen molar-refractivity contribution in [2.75, 3.05) is 25.0 Å². The van der Waals surface area contributed by atoms with E-state index in [9.17, 15) is 9.00 Å². The van der Waals surface area contributed by atoms with Gasteiger partial charge in [0.15, 0.2) is 0 Å². The molecule has 0 spiro atoms. The zero-order chi connectivity index (χ0) is 16.8. The summed E-state index contributed by atoms with van der Waals surface area (Å²) in [6.07, 6.45) is -0.471. The molecule has 1 aliphatic heterocycles. The van der Waals surface area contributed by atoms with Gasteiger partial charge in [0.2, 0.25) is 0 Å². The quantitative estimate of drug-likeness (QED) is 0.870. The standard InChI is InChI=1S/C18H20N2O3S/c21-18(17-12-19-9-10-23-17)20-15-6-4-5-14(11-15)13-24(22)16-7-2-1-3-8-16/h1-8,11,17,19H,9-10,12-13H2,(H,20,21). The van der Waals surface area contributed by atoms with E-state index in [-0.39, 0.29) is 5.91 Å². The minimum absolute atomic E-state index is 0.163. The normalized spacial score (nSPS) is 18.8. The van der Waals surface area contributed by atoms with Crippen molar-refractivity contribution >= 4 is 22.4 Å². The van der Waals surface area contributed by atoms with Crippen LogP contribution >= 0.6 is 0 Å². The number of carbonyl (C=O) groups is 1. The van der Waals surface area contributed by atoms with Gasteiger partial charge in [-0.05, 0) is 29.8 Å². The van der Waals surface area contributed by atoms with Crippen molar-refractivity contribution in [3.05, 3.63) is 60.2 Å². The van der Waals surface area contributed by atoms with Crippen molar-refractivity contribution in [1.82, 2.24) is 5.32 Å². The van der Waals surface area contributed by atoms with Crippen LogP contribution in [0.25, 0.3) is 0 Å². The van der Waals surface area contributed by atoms with Gasteiger partial charge in [0.25, 0.3) is 5.91 Å². The molecule has 0 aliphatic carbocycles. The molecule has 2 N–H and O–H groups in total. The number of hydrogen-bond donors (Lipinski definition) is 2. The lowest BCUT2D eigenvalue weighted by Gasteiger charge is -2.22. The monoisotopic (exact) mass is 344 g/mol. The molecule has 0 bridgehead atoms. The Bertz CT molecular complexity index is 715. The van der Waals surface area contributed by atoms with Crippen LogP contribution < -0.4 is 10.6 Å². The fraction of sp³-hybridized carbons (Fsp3) is 0.278. The number of benzene rings is 2. The highest BCUT2D eigenvalue weighted by molar-refractivity contribution is 7.84. The van der Waals surface area contributed by atoms with Crippen LogP contribution in [0, 0.1) is 0 Å². The van der Waals surface area contributed by atoms with Crippen LogP contribution in [0.5, 0.6) is 0 Å². The summed E-state index contributed by atoms with van der Waals surface area (Å²) in [5, 5.41) is 5.99. The SMILES string of the molecule is O=C(Nc1cccc(CS(=O)c2ccccc2)c1)C1CNCCO1. The molecule has 3 rings (SSSR count). The van der Waals surface area contributed by atoms with Gasteiger partial charge < -0.3 is 15.4 Å². The zero-order valence-electron chi connectivity index (χ0n) is 13.2. The first-order valence-electron chi connectivity index (χ1n) is 7.88. The third kappa shape index (κ3) is 4.50. The molecule has 6 heteroatoms. The first kappa shape index (κ1) is 16.8. The van der Waals surface area contributed by atoms with Crippen molar-refractivity contribution in [2.45, 2.75) is 16.8 Å². The van der Waals surface area contributed by atoms with Gasteiger partial charge in [-0.1, -0.05) is 30.3 Å². The molecule has 2 aromatic carbocycles. The first-order valence-corrected chi connectivity index (χ1v) is 9.20. The molecule has 2 aromatic rings. The molecular weight excluding hydrogens is 324 g/mol. The van der Waals surface area contributed by atoms with Gasteiger partial charge in [-0.3, -0.25) is 9.00 Å². The molecule has 0 saturated carbocycles. The second kappa shape index (κ2) is 8.19. The summed E-state index contributed by atoms with van der Waals surface area (Å²) in [6, 6.07) is 16.8. The number of carbonyl (C=O) groups excluding carboxylic acids is 1. The van der Waals surface area contributed by atoms with Gasteiger partial charge in [0.1, 0.15) is 6.10 Å². The molecule has 24 heavy (non-hydrogen) atoms. The Hall–Kier alpha value is -2.02. The van der Waals surface area contributed by atoms with Gasteiger partial charge in [-0.2, -0.15) is 0 Å². The highest BCUT2D eigenvalue weighted by atomic mass is 32.2. The number of rotatable bonds is 5. The lowest BCUT2D eigenvalue weighted by molar-refractivity contribution is -0.128. The van der Waals surface area contributed by atoms with Gasteiger partial charge in [0, 0.05) is 23.7 Å². The van der Waals surface area contributed by atoms with Crippen LogP contribution in [0.15, 0.2) is 59.5 Å². The van der Waals surface area contributed by atoms with E-state index in [1.54, 1.807) is 0 Å². The third-order valence-corrected chi connectivity index (χ3v) is 5.11. The molecule has 2 atom stereocenters. The van der Waals surface area contributed by atoms with E-state index in [1.807, 2.05) is 54.6 Å². The number of hydrogen-bond acceptors (Lipinski definition) is 4. The Morgan fingerprint density at radius 3 is 2.79 bits per heavy atom. The Morgan fingerprint density at radius 1 is 1.21 bits per heavy atom. The molecule has 1 amide bonds. The Labute approximate surface area is 143 Å². The summed E-state index contributed by atoms with van der Waals surface area (Å²) in [5.41, 5.74) is 1.61. The van der Waals surface area contributed by atoms with E-state index in [4.69, 9.17) is 4.74 Å². The van der Waals surface area contributed by atoms with Gasteiger partial charge in [0.05, 0.1) is 23.2 Å². The second-order valence-corrected chi connectivity index (χ2v) is 7.01. The average Bonchev–Trinajstić information content (AvgIpc) is 2.63. The summed E-state index contributed by atoms with van der Waals surface area (Å²) >= 11 is 0. The van der Waals surface area contributed by atoms with E-state index in [2.05, 4.69) is 10.6 Å². The molecule has 1 saturated heterocycles. The molecule has 0 radical (unpaired) electrons. The van der Waals surface area contributed by atoms with Gasteiger partial charge >= 0.3 is 0 Å². The van der Waals surface area contributed by atoms with Crippen LogP contribution in [-0.4, -0.2) is 35.9 Å². The predicted octanol–water partition coefficient (Wildman–Crippen LogP) is 1.92. The van der Waals surface area contributed by atoms with Crippen LogP contribution in [0.2, 0.25) is 0 Å². The Kier molecular flexibility index (Phi) is 5.74. The summed E-state index contributed by atoms with van der Waals surface area (Å²) in [6.45, 7) is 1.82. The predicted molar refractivity (Wildman–Crippen MR) is 94.2 cm³/mol. The van der Waals surface area contributed by atoms with Crippen LogP contribution in [0.1, 0.15) is 5.56 Å². The number of amides is 1. The van der Waals surface area contributed by atoms with Gasteiger partial charge in [-0.25, -0.2) is 0 Å². The molecule has 5 nitrogen and oxygen atoms in total. The largest absolute Gasteiger partial charge is 0.366 e. The van der Waals surface area contributed by atoms with Crippen molar-refractivity contribution in [2.24, 2.45) is 0 Å². The number of ether oxygens (including phenoxy) is 1. The summed E-state index contributed by atoms with van der Waals surface area (Å²) in [7, 11) is -1.11. The zero-order valence-corrected chi connectivity index (χ0v) is 14.1. The lowest BCUT2D eigenvalue weighted by atomic mass is 10.2. The molecule has 0 aromatic heterocycles. The number of anilines is 1. The fourth-order valence-electron chi connectivity index (χ4n) is 2.50. The first-order chi connectivity index (χ1) is 11.7. The van der Waals surface area contributed by atoms with Crippen molar-refractivity contribution < 1.29 is 13.7 Å². The average molecular weight is 344 g/mol. The molecule has 1 heterocycles. The molecule has 126 valence electrons.